The lowest BCUT2D eigenvalue weighted by Gasteiger charge is -2.41. The Hall–Kier alpha value is -4.31. The van der Waals surface area contributed by atoms with Crippen LogP contribution in [0.15, 0.2) is 60.7 Å². The zero-order chi connectivity index (χ0) is 27.5. The minimum atomic E-state index is -0.602. The number of carbonyl (C=O) groups excluding carboxylic acids is 2. The molecule has 2 heterocycles. The number of hydrogen-bond donors (Lipinski definition) is 1. The Labute approximate surface area is 230 Å². The van der Waals surface area contributed by atoms with E-state index in [1.807, 2.05) is 48.5 Å². The van der Waals surface area contributed by atoms with Gasteiger partial charge in [-0.2, -0.15) is 0 Å². The molecule has 1 aromatic heterocycles. The Morgan fingerprint density at radius 2 is 1.64 bits per heavy atom. The lowest BCUT2D eigenvalue weighted by atomic mass is 9.83. The smallest absolute Gasteiger partial charge is 0.231 e. The molecule has 39 heavy (non-hydrogen) atoms. The standard InChI is InChI=1S/C29H29N3O6S/c1-35-19-11-9-17(10-12-19)26-20(28(34)31-29-30-21-7-5-6-8-24(21)39-29)13-14-25(33)32(26)18-15-22(36-2)27(38-4)23(16-18)37-3/h5-12,15-16,20,26H,13-14H2,1-4H3,(H,30,31,34)/t20-,26-/m1/s1. The van der Waals surface area contributed by atoms with Crippen LogP contribution in [0.3, 0.4) is 0 Å². The molecule has 3 aromatic carbocycles. The molecular formula is C29H29N3O6S. The van der Waals surface area contributed by atoms with E-state index in [2.05, 4.69) is 10.3 Å². The van der Waals surface area contributed by atoms with Crippen LogP contribution in [-0.4, -0.2) is 45.2 Å². The lowest BCUT2D eigenvalue weighted by molar-refractivity contribution is -0.125. The van der Waals surface area contributed by atoms with Crippen LogP contribution in [0.25, 0.3) is 10.2 Å². The molecule has 0 saturated carbocycles. The molecule has 1 fully saturated rings. The van der Waals surface area contributed by atoms with Crippen LogP contribution in [0.2, 0.25) is 0 Å². The fraction of sp³-hybridized carbons (Fsp3) is 0.276. The van der Waals surface area contributed by atoms with Gasteiger partial charge < -0.3 is 29.2 Å². The highest BCUT2D eigenvalue weighted by atomic mass is 32.1. The van der Waals surface area contributed by atoms with E-state index in [1.54, 1.807) is 24.1 Å². The number of rotatable bonds is 8. The maximum Gasteiger partial charge on any atom is 0.231 e. The van der Waals surface area contributed by atoms with Gasteiger partial charge in [0.2, 0.25) is 17.6 Å². The number of anilines is 2. The molecule has 1 aliphatic heterocycles. The molecule has 2 amide bonds. The number of nitrogens with one attached hydrogen (secondary N) is 1. The molecule has 9 nitrogen and oxygen atoms in total. The highest BCUT2D eigenvalue weighted by molar-refractivity contribution is 7.22. The number of para-hydroxylation sites is 1. The third-order valence-electron chi connectivity index (χ3n) is 6.84. The van der Waals surface area contributed by atoms with Crippen molar-refractivity contribution in [2.75, 3.05) is 38.7 Å². The minimum absolute atomic E-state index is 0.117. The number of hydrogen-bond acceptors (Lipinski definition) is 8. The Kier molecular flexibility index (Phi) is 7.56. The van der Waals surface area contributed by atoms with Gasteiger partial charge in [0.1, 0.15) is 5.75 Å². The van der Waals surface area contributed by atoms with Crippen LogP contribution >= 0.6 is 11.3 Å². The van der Waals surface area contributed by atoms with Crippen LogP contribution in [-0.2, 0) is 9.59 Å². The first-order valence-corrected chi connectivity index (χ1v) is 13.2. The highest BCUT2D eigenvalue weighted by Gasteiger charge is 2.42. The second kappa shape index (κ2) is 11.2. The molecule has 1 N–H and O–H groups in total. The predicted molar refractivity (Wildman–Crippen MR) is 150 cm³/mol. The number of benzene rings is 3. The van der Waals surface area contributed by atoms with Crippen LogP contribution in [0.1, 0.15) is 24.4 Å². The fourth-order valence-corrected chi connectivity index (χ4v) is 5.85. The van der Waals surface area contributed by atoms with Crippen molar-refractivity contribution >= 4 is 44.2 Å². The summed E-state index contributed by atoms with van der Waals surface area (Å²) in [5, 5.41) is 3.53. The molecule has 202 valence electrons. The number of thiazole rings is 1. The Balaban J connectivity index is 1.58. The van der Waals surface area contributed by atoms with Gasteiger partial charge in [-0.1, -0.05) is 35.6 Å². The summed E-state index contributed by atoms with van der Waals surface area (Å²) in [7, 11) is 6.16. The van der Waals surface area contributed by atoms with Gasteiger partial charge in [-0.15, -0.1) is 0 Å². The van der Waals surface area contributed by atoms with E-state index >= 15 is 0 Å². The Morgan fingerprint density at radius 1 is 0.949 bits per heavy atom. The van der Waals surface area contributed by atoms with E-state index in [0.717, 1.165) is 15.8 Å². The fourth-order valence-electron chi connectivity index (χ4n) is 4.98. The summed E-state index contributed by atoms with van der Waals surface area (Å²) in [4.78, 5) is 33.6. The molecule has 10 heteroatoms. The molecular weight excluding hydrogens is 518 g/mol. The first-order valence-electron chi connectivity index (χ1n) is 12.4. The average Bonchev–Trinajstić information content (AvgIpc) is 3.38. The average molecular weight is 548 g/mol. The Morgan fingerprint density at radius 3 is 2.26 bits per heavy atom. The summed E-state index contributed by atoms with van der Waals surface area (Å²) in [6, 6.07) is 18.0. The van der Waals surface area contributed by atoms with Gasteiger partial charge in [0.15, 0.2) is 16.6 Å². The molecule has 0 radical (unpaired) electrons. The SMILES string of the molecule is COc1ccc([C@@H]2[C@H](C(=O)Nc3nc4ccccc4s3)CCC(=O)N2c2cc(OC)c(OC)c(OC)c2)cc1. The summed E-state index contributed by atoms with van der Waals surface area (Å²) in [5.74, 6) is 1.04. The number of ether oxygens (including phenoxy) is 4. The maximum absolute atomic E-state index is 13.8. The summed E-state index contributed by atoms with van der Waals surface area (Å²) >= 11 is 1.42. The number of amides is 2. The number of carbonyl (C=O) groups is 2. The highest BCUT2D eigenvalue weighted by Crippen LogP contribution is 2.46. The molecule has 2 atom stereocenters. The van der Waals surface area contributed by atoms with Crippen molar-refractivity contribution in [2.45, 2.75) is 18.9 Å². The van der Waals surface area contributed by atoms with Crippen LogP contribution in [0.5, 0.6) is 23.0 Å². The van der Waals surface area contributed by atoms with Gasteiger partial charge in [0, 0.05) is 18.6 Å². The summed E-state index contributed by atoms with van der Waals surface area (Å²) < 4.78 is 22.9. The van der Waals surface area contributed by atoms with E-state index in [1.165, 1.54) is 32.7 Å². The van der Waals surface area contributed by atoms with E-state index in [9.17, 15) is 9.59 Å². The third kappa shape index (κ3) is 5.07. The number of fused-ring (bicyclic) bond motifs is 1. The molecule has 0 bridgehead atoms. The first kappa shape index (κ1) is 26.3. The van der Waals surface area contributed by atoms with Gasteiger partial charge >= 0.3 is 0 Å². The molecule has 0 spiro atoms. The third-order valence-corrected chi connectivity index (χ3v) is 7.79. The van der Waals surface area contributed by atoms with Crippen molar-refractivity contribution in [3.63, 3.8) is 0 Å². The van der Waals surface area contributed by atoms with Crippen molar-refractivity contribution in [1.29, 1.82) is 0 Å². The van der Waals surface area contributed by atoms with Crippen LogP contribution in [0, 0.1) is 5.92 Å². The summed E-state index contributed by atoms with van der Waals surface area (Å²) in [5.41, 5.74) is 2.15. The predicted octanol–water partition coefficient (Wildman–Crippen LogP) is 5.45. The van der Waals surface area contributed by atoms with Crippen LogP contribution in [0.4, 0.5) is 10.8 Å². The maximum atomic E-state index is 13.8. The van der Waals surface area contributed by atoms with Crippen molar-refractivity contribution in [3.05, 3.63) is 66.2 Å². The molecule has 4 aromatic rings. The molecule has 1 aliphatic rings. The van der Waals surface area contributed by atoms with Gasteiger partial charge in [0.25, 0.3) is 0 Å². The van der Waals surface area contributed by atoms with Gasteiger partial charge in [-0.05, 0) is 36.2 Å². The van der Waals surface area contributed by atoms with E-state index in [4.69, 9.17) is 18.9 Å². The number of piperidine rings is 1. The summed E-state index contributed by atoms with van der Waals surface area (Å²) in [6.45, 7) is 0. The van der Waals surface area contributed by atoms with E-state index in [0.29, 0.717) is 40.2 Å². The van der Waals surface area contributed by atoms with Gasteiger partial charge in [0.05, 0.1) is 56.3 Å². The number of nitrogens with zero attached hydrogens (tertiary/aromatic N) is 2. The second-order valence-corrected chi connectivity index (χ2v) is 10.0. The van der Waals surface area contributed by atoms with E-state index in [-0.39, 0.29) is 18.2 Å². The minimum Gasteiger partial charge on any atom is -0.497 e. The van der Waals surface area contributed by atoms with Crippen molar-refractivity contribution in [1.82, 2.24) is 4.98 Å². The molecule has 0 aliphatic carbocycles. The lowest BCUT2D eigenvalue weighted by Crippen LogP contribution is -2.47. The zero-order valence-corrected chi connectivity index (χ0v) is 22.9. The van der Waals surface area contributed by atoms with Crippen LogP contribution < -0.4 is 29.2 Å². The van der Waals surface area contributed by atoms with E-state index < -0.39 is 12.0 Å². The molecule has 5 rings (SSSR count). The van der Waals surface area contributed by atoms with Gasteiger partial charge in [-0.3, -0.25) is 9.59 Å². The number of methoxy groups -OCH3 is 4. The largest absolute Gasteiger partial charge is 0.497 e. The first-order chi connectivity index (χ1) is 19.0. The van der Waals surface area contributed by atoms with Crippen molar-refractivity contribution in [3.8, 4) is 23.0 Å². The molecule has 0 unspecified atom stereocenters. The van der Waals surface area contributed by atoms with Crippen molar-refractivity contribution < 1.29 is 28.5 Å². The summed E-state index contributed by atoms with van der Waals surface area (Å²) in [6.07, 6.45) is 0.578. The molecule has 1 saturated heterocycles. The quantitative estimate of drug-likeness (QED) is 0.313. The monoisotopic (exact) mass is 547 g/mol. The number of aromatic nitrogens is 1. The normalized spacial score (nSPS) is 17.1. The van der Waals surface area contributed by atoms with Crippen molar-refractivity contribution in [2.24, 2.45) is 5.92 Å². The second-order valence-electron chi connectivity index (χ2n) is 8.99. The zero-order valence-electron chi connectivity index (χ0n) is 22.1. The Bertz CT molecular complexity index is 1440. The van der Waals surface area contributed by atoms with Gasteiger partial charge in [-0.25, -0.2) is 4.98 Å². The topological polar surface area (TPSA) is 99.2 Å².